The summed E-state index contributed by atoms with van der Waals surface area (Å²) in [7, 11) is 1.55. The molecule has 1 aromatic rings. The standard InChI is InChI=1S/C21H24F4N4O4/c1-29(16-4-2-15(22)3-5-16)28-18(30)14-10-17(13-6-8-26-9-7-13)21(19(31)32,27-11-14)33-12-20(23,24)25/h2-8,14,17,26-27H,9-12H2,1H3,(H,28,30)(H,31,32). The number of aliphatic carboxylic acids is 1. The van der Waals surface area contributed by atoms with Crippen LogP contribution < -0.4 is 21.1 Å². The van der Waals surface area contributed by atoms with Crippen molar-refractivity contribution in [3.05, 3.63) is 54.0 Å². The number of rotatable bonds is 7. The predicted molar refractivity (Wildman–Crippen MR) is 110 cm³/mol. The van der Waals surface area contributed by atoms with Gasteiger partial charge in [0.05, 0.1) is 11.6 Å². The molecule has 0 spiro atoms. The number of halogens is 4. The first-order valence-corrected chi connectivity index (χ1v) is 10.1. The quantitative estimate of drug-likeness (QED) is 0.355. The molecule has 3 unspecified atom stereocenters. The van der Waals surface area contributed by atoms with E-state index in [-0.39, 0.29) is 13.0 Å². The van der Waals surface area contributed by atoms with Crippen LogP contribution >= 0.6 is 0 Å². The molecule has 0 bridgehead atoms. The van der Waals surface area contributed by atoms with Gasteiger partial charge in [-0.05, 0) is 48.5 Å². The largest absolute Gasteiger partial charge is 0.478 e. The van der Waals surface area contributed by atoms with Crippen LogP contribution in [0.2, 0.25) is 0 Å². The van der Waals surface area contributed by atoms with E-state index < -0.39 is 48.0 Å². The molecular weight excluding hydrogens is 448 g/mol. The van der Waals surface area contributed by atoms with Gasteiger partial charge in [0.1, 0.15) is 12.4 Å². The van der Waals surface area contributed by atoms with E-state index in [1.165, 1.54) is 29.3 Å². The zero-order valence-corrected chi connectivity index (χ0v) is 17.7. The number of benzene rings is 1. The molecule has 1 amide bonds. The highest BCUT2D eigenvalue weighted by atomic mass is 19.4. The van der Waals surface area contributed by atoms with Gasteiger partial charge in [-0.2, -0.15) is 13.2 Å². The van der Waals surface area contributed by atoms with Gasteiger partial charge in [0.25, 0.3) is 0 Å². The van der Waals surface area contributed by atoms with E-state index in [0.717, 1.165) is 0 Å². The topological polar surface area (TPSA) is 103 Å². The molecule has 1 aromatic carbocycles. The van der Waals surface area contributed by atoms with Crippen molar-refractivity contribution in [3.63, 3.8) is 0 Å². The Morgan fingerprint density at radius 3 is 2.58 bits per heavy atom. The number of hydrogen-bond acceptors (Lipinski definition) is 6. The average molecular weight is 472 g/mol. The van der Waals surface area contributed by atoms with E-state index in [4.69, 9.17) is 4.74 Å². The van der Waals surface area contributed by atoms with Gasteiger partial charge in [-0.15, -0.1) is 0 Å². The summed E-state index contributed by atoms with van der Waals surface area (Å²) in [6.45, 7) is -1.64. The number of anilines is 1. The van der Waals surface area contributed by atoms with Crippen LogP contribution in [0.5, 0.6) is 0 Å². The Balaban J connectivity index is 1.81. The van der Waals surface area contributed by atoms with Gasteiger partial charge in [-0.3, -0.25) is 20.5 Å². The Bertz CT molecular complexity index is 935. The van der Waals surface area contributed by atoms with E-state index in [9.17, 15) is 32.3 Å². The van der Waals surface area contributed by atoms with Gasteiger partial charge in [-0.25, -0.2) is 9.18 Å². The number of dihydropyridines is 1. The lowest BCUT2D eigenvalue weighted by Crippen LogP contribution is -2.66. The van der Waals surface area contributed by atoms with Crippen molar-refractivity contribution in [2.24, 2.45) is 11.8 Å². The number of piperidine rings is 1. The van der Waals surface area contributed by atoms with Crippen LogP contribution in [0.1, 0.15) is 6.42 Å². The Morgan fingerprint density at radius 1 is 1.30 bits per heavy atom. The van der Waals surface area contributed by atoms with Crippen LogP contribution in [-0.2, 0) is 14.3 Å². The van der Waals surface area contributed by atoms with Crippen molar-refractivity contribution >= 4 is 17.6 Å². The minimum Gasteiger partial charge on any atom is -0.478 e. The van der Waals surface area contributed by atoms with E-state index in [1.807, 2.05) is 0 Å². The molecule has 2 aliphatic rings. The van der Waals surface area contributed by atoms with E-state index in [1.54, 1.807) is 25.4 Å². The molecular formula is C21H24F4N4O4. The first-order valence-electron chi connectivity index (χ1n) is 10.1. The lowest BCUT2D eigenvalue weighted by atomic mass is 9.76. The van der Waals surface area contributed by atoms with Gasteiger partial charge >= 0.3 is 12.1 Å². The number of allylic oxidation sites excluding steroid dienone is 1. The lowest BCUT2D eigenvalue weighted by molar-refractivity contribution is -0.232. The number of nitrogens with one attached hydrogen (secondary N) is 3. The lowest BCUT2D eigenvalue weighted by Gasteiger charge is -2.44. The first-order chi connectivity index (χ1) is 15.5. The molecule has 1 fully saturated rings. The molecule has 8 nitrogen and oxygen atoms in total. The van der Waals surface area contributed by atoms with Crippen LogP contribution in [0.4, 0.5) is 23.2 Å². The molecule has 3 rings (SSSR count). The molecule has 0 aromatic heterocycles. The summed E-state index contributed by atoms with van der Waals surface area (Å²) in [5.41, 5.74) is 1.22. The Kier molecular flexibility index (Phi) is 7.28. The zero-order chi connectivity index (χ0) is 24.2. The number of carboxylic acids is 1. The second kappa shape index (κ2) is 9.79. The molecule has 12 heteroatoms. The third kappa shape index (κ3) is 5.82. The molecule has 0 radical (unpaired) electrons. The maximum atomic E-state index is 13.1. The fraction of sp³-hybridized carbons (Fsp3) is 0.429. The molecule has 33 heavy (non-hydrogen) atoms. The van der Waals surface area contributed by atoms with Crippen molar-refractivity contribution in [2.75, 3.05) is 31.8 Å². The van der Waals surface area contributed by atoms with Gasteiger partial charge in [0.15, 0.2) is 0 Å². The monoisotopic (exact) mass is 472 g/mol. The minimum absolute atomic E-state index is 0.0730. The molecule has 2 heterocycles. The number of carboxylic acid groups (broad SMARTS) is 1. The normalized spacial score (nSPS) is 25.1. The van der Waals surface area contributed by atoms with Crippen LogP contribution in [0.15, 0.2) is 48.2 Å². The van der Waals surface area contributed by atoms with E-state index >= 15 is 0 Å². The maximum Gasteiger partial charge on any atom is 0.411 e. The fourth-order valence-electron chi connectivity index (χ4n) is 3.85. The number of hydrogen-bond donors (Lipinski definition) is 4. The Morgan fingerprint density at radius 2 is 2.00 bits per heavy atom. The molecule has 4 N–H and O–H groups in total. The molecule has 180 valence electrons. The van der Waals surface area contributed by atoms with E-state index in [2.05, 4.69) is 16.1 Å². The maximum absolute atomic E-state index is 13.1. The summed E-state index contributed by atoms with van der Waals surface area (Å²) in [6, 6.07) is 5.38. The number of nitrogens with zero attached hydrogens (tertiary/aromatic N) is 1. The SMILES string of the molecule is CN(NC(=O)C1CNC(OCC(F)(F)F)(C(=O)O)C(C2=CCNC=C2)C1)c1ccc(F)cc1. The summed E-state index contributed by atoms with van der Waals surface area (Å²) in [4.78, 5) is 25.0. The molecule has 0 saturated carbocycles. The average Bonchev–Trinajstić information content (AvgIpc) is 2.77. The smallest absolute Gasteiger partial charge is 0.411 e. The molecule has 3 atom stereocenters. The van der Waals surface area contributed by atoms with Gasteiger partial charge < -0.3 is 15.2 Å². The van der Waals surface area contributed by atoms with Crippen molar-refractivity contribution in [3.8, 4) is 0 Å². The van der Waals surface area contributed by atoms with Crippen molar-refractivity contribution in [1.29, 1.82) is 0 Å². The number of amides is 1. The summed E-state index contributed by atoms with van der Waals surface area (Å²) < 4.78 is 56.7. The van der Waals surface area contributed by atoms with Gasteiger partial charge in [0.2, 0.25) is 11.6 Å². The number of hydrazine groups is 1. The van der Waals surface area contributed by atoms with Crippen molar-refractivity contribution < 1.29 is 37.0 Å². The van der Waals surface area contributed by atoms with Crippen LogP contribution in [-0.4, -0.2) is 55.6 Å². The number of ether oxygens (including phenoxy) is 1. The first kappa shape index (κ1) is 24.5. The third-order valence-electron chi connectivity index (χ3n) is 5.52. The number of carbonyl (C=O) groups excluding carboxylic acids is 1. The van der Waals surface area contributed by atoms with Gasteiger partial charge in [0, 0.05) is 26.1 Å². The highest BCUT2D eigenvalue weighted by Gasteiger charge is 2.54. The Hall–Kier alpha value is -3.12. The minimum atomic E-state index is -4.74. The zero-order valence-electron chi connectivity index (χ0n) is 17.7. The third-order valence-corrected chi connectivity index (χ3v) is 5.52. The van der Waals surface area contributed by atoms with E-state index in [0.29, 0.717) is 17.8 Å². The summed E-state index contributed by atoms with van der Waals surface area (Å²) in [5.74, 6) is -4.37. The molecule has 0 aliphatic carbocycles. The predicted octanol–water partition coefficient (Wildman–Crippen LogP) is 1.92. The summed E-state index contributed by atoms with van der Waals surface area (Å²) in [5, 5.41) is 16.7. The van der Waals surface area contributed by atoms with Gasteiger partial charge in [-0.1, -0.05) is 6.08 Å². The molecule has 1 saturated heterocycles. The van der Waals surface area contributed by atoms with Crippen LogP contribution in [0.3, 0.4) is 0 Å². The Labute approximate surface area is 187 Å². The van der Waals surface area contributed by atoms with Crippen molar-refractivity contribution in [2.45, 2.75) is 18.3 Å². The second-order valence-electron chi connectivity index (χ2n) is 7.77. The van der Waals surface area contributed by atoms with Crippen LogP contribution in [0.25, 0.3) is 0 Å². The van der Waals surface area contributed by atoms with Crippen molar-refractivity contribution in [1.82, 2.24) is 16.1 Å². The highest BCUT2D eigenvalue weighted by molar-refractivity contribution is 5.83. The molecule has 2 aliphatic heterocycles. The fourth-order valence-corrected chi connectivity index (χ4v) is 3.85. The highest BCUT2D eigenvalue weighted by Crippen LogP contribution is 2.38. The number of alkyl halides is 3. The number of carbonyl (C=O) groups is 2. The van der Waals surface area contributed by atoms with Crippen LogP contribution in [0, 0.1) is 17.7 Å². The summed E-state index contributed by atoms with van der Waals surface area (Å²) >= 11 is 0. The summed E-state index contributed by atoms with van der Waals surface area (Å²) in [6.07, 6.45) is -0.0610. The second-order valence-corrected chi connectivity index (χ2v) is 7.77.